The molecule has 0 atom stereocenters. The molecule has 1 heterocycles. The highest BCUT2D eigenvalue weighted by atomic mass is 32.2. The number of aryl methyl sites for hydroxylation is 1. The monoisotopic (exact) mass is 267 g/mol. The summed E-state index contributed by atoms with van der Waals surface area (Å²) in [7, 11) is 0. The summed E-state index contributed by atoms with van der Waals surface area (Å²) in [4.78, 5) is 12.6. The summed E-state index contributed by atoms with van der Waals surface area (Å²) in [6.07, 6.45) is 3.56. The first kappa shape index (κ1) is 13.8. The highest BCUT2D eigenvalue weighted by Gasteiger charge is 2.12. The molecule has 90 valence electrons. The molecule has 0 saturated heterocycles. The normalized spacial score (nSPS) is 11.1. The number of carbonyl (C=O) groups excluding carboxylic acids is 1. The quantitative estimate of drug-likeness (QED) is 0.364. The fourth-order valence-corrected chi connectivity index (χ4v) is 3.07. The van der Waals surface area contributed by atoms with Gasteiger partial charge in [-0.25, -0.2) is 4.79 Å². The first-order valence-corrected chi connectivity index (χ1v) is 7.09. The van der Waals surface area contributed by atoms with E-state index in [9.17, 15) is 4.79 Å². The van der Waals surface area contributed by atoms with E-state index in [-0.39, 0.29) is 12.2 Å². The van der Waals surface area contributed by atoms with E-state index in [1.807, 2.05) is 25.3 Å². The van der Waals surface area contributed by atoms with Gasteiger partial charge in [0.1, 0.15) is 11.6 Å². The van der Waals surface area contributed by atoms with Gasteiger partial charge in [0, 0.05) is 10.4 Å². The second-order valence-electron chi connectivity index (χ2n) is 3.19. The minimum absolute atomic E-state index is 0.0416. The number of thiophene rings is 1. The van der Waals surface area contributed by atoms with Gasteiger partial charge >= 0.3 is 5.97 Å². The molecule has 0 aliphatic carbocycles. The van der Waals surface area contributed by atoms with E-state index in [2.05, 4.69) is 0 Å². The molecule has 1 aromatic rings. The third-order valence-corrected chi connectivity index (χ3v) is 4.17. The van der Waals surface area contributed by atoms with Crippen LogP contribution in [0.5, 0.6) is 0 Å². The van der Waals surface area contributed by atoms with Crippen LogP contribution in [0.2, 0.25) is 0 Å². The SMILES string of the molecule is CCOC(=O)C(C#N)=Cc1cc(C)sc1SC. The van der Waals surface area contributed by atoms with E-state index in [1.54, 1.807) is 36.1 Å². The number of carbonyl (C=O) groups is 1. The third-order valence-electron chi connectivity index (χ3n) is 1.95. The number of thioether (sulfide) groups is 1. The van der Waals surface area contributed by atoms with E-state index >= 15 is 0 Å². The van der Waals surface area contributed by atoms with Gasteiger partial charge in [0.2, 0.25) is 0 Å². The van der Waals surface area contributed by atoms with Crippen LogP contribution in [0, 0.1) is 18.3 Å². The summed E-state index contributed by atoms with van der Waals surface area (Å²) in [6, 6.07) is 3.84. The Bertz CT molecular complexity index is 483. The van der Waals surface area contributed by atoms with Crippen molar-refractivity contribution in [3.05, 3.63) is 22.1 Å². The molecule has 0 aromatic carbocycles. The Morgan fingerprint density at radius 2 is 2.41 bits per heavy atom. The Hall–Kier alpha value is -1.25. The maximum absolute atomic E-state index is 11.5. The molecule has 0 unspecified atom stereocenters. The Morgan fingerprint density at radius 3 is 2.94 bits per heavy atom. The molecule has 0 amide bonds. The standard InChI is InChI=1S/C12H13NO2S2/c1-4-15-11(14)10(7-13)6-9-5-8(2)17-12(9)16-3/h5-6H,4H2,1-3H3. The van der Waals surface area contributed by atoms with Crippen LogP contribution in [0.1, 0.15) is 17.4 Å². The maximum Gasteiger partial charge on any atom is 0.348 e. The Kier molecular flexibility index (Phi) is 5.26. The number of nitriles is 1. The average Bonchev–Trinajstić information content (AvgIpc) is 2.66. The van der Waals surface area contributed by atoms with E-state index in [0.717, 1.165) is 14.6 Å². The highest BCUT2D eigenvalue weighted by Crippen LogP contribution is 2.31. The van der Waals surface area contributed by atoms with Crippen LogP contribution < -0.4 is 0 Å². The molecule has 17 heavy (non-hydrogen) atoms. The zero-order valence-corrected chi connectivity index (χ0v) is 11.6. The van der Waals surface area contributed by atoms with Crippen LogP contribution in [0.25, 0.3) is 6.08 Å². The molecule has 1 aromatic heterocycles. The molecule has 0 aliphatic rings. The summed E-state index contributed by atoms with van der Waals surface area (Å²) in [5.41, 5.74) is 0.949. The number of ether oxygens (including phenoxy) is 1. The Labute approximate surface area is 109 Å². The van der Waals surface area contributed by atoms with E-state index in [0.29, 0.717) is 0 Å². The predicted molar refractivity (Wildman–Crippen MR) is 71.1 cm³/mol. The molecule has 0 N–H and O–H groups in total. The molecule has 0 bridgehead atoms. The smallest absolute Gasteiger partial charge is 0.348 e. The van der Waals surface area contributed by atoms with Crippen LogP contribution in [0.3, 0.4) is 0 Å². The van der Waals surface area contributed by atoms with Gasteiger partial charge in [0.05, 0.1) is 10.8 Å². The topological polar surface area (TPSA) is 50.1 Å². The van der Waals surface area contributed by atoms with Crippen LogP contribution >= 0.6 is 23.1 Å². The molecule has 0 saturated carbocycles. The summed E-state index contributed by atoms with van der Waals surface area (Å²) < 4.78 is 5.91. The molecule has 3 nitrogen and oxygen atoms in total. The van der Waals surface area contributed by atoms with Crippen molar-refractivity contribution in [2.75, 3.05) is 12.9 Å². The van der Waals surface area contributed by atoms with Crippen LogP contribution in [-0.4, -0.2) is 18.8 Å². The lowest BCUT2D eigenvalue weighted by Gasteiger charge is -1.99. The van der Waals surface area contributed by atoms with Crippen molar-refractivity contribution in [1.82, 2.24) is 0 Å². The van der Waals surface area contributed by atoms with Crippen molar-refractivity contribution in [3.8, 4) is 6.07 Å². The Balaban J connectivity index is 3.06. The second kappa shape index (κ2) is 6.48. The maximum atomic E-state index is 11.5. The van der Waals surface area contributed by atoms with Gasteiger partial charge < -0.3 is 4.74 Å². The molecule has 0 fully saturated rings. The van der Waals surface area contributed by atoms with Crippen molar-refractivity contribution in [2.45, 2.75) is 18.1 Å². The first-order chi connectivity index (χ1) is 8.12. The predicted octanol–water partition coefficient (Wildman–Crippen LogP) is 3.25. The average molecular weight is 267 g/mol. The number of hydrogen-bond donors (Lipinski definition) is 0. The summed E-state index contributed by atoms with van der Waals surface area (Å²) in [6.45, 7) is 3.99. The highest BCUT2D eigenvalue weighted by molar-refractivity contribution is 8.00. The molecule has 0 spiro atoms. The van der Waals surface area contributed by atoms with Gasteiger partial charge in [0.15, 0.2) is 0 Å². The Morgan fingerprint density at radius 1 is 1.71 bits per heavy atom. The van der Waals surface area contributed by atoms with Crippen molar-refractivity contribution in [1.29, 1.82) is 5.26 Å². The van der Waals surface area contributed by atoms with Gasteiger partial charge in [-0.2, -0.15) is 5.26 Å². The van der Waals surface area contributed by atoms with E-state index in [4.69, 9.17) is 10.00 Å². The molecule has 0 aliphatic heterocycles. The van der Waals surface area contributed by atoms with Gasteiger partial charge in [0.25, 0.3) is 0 Å². The molecule has 5 heteroatoms. The molecule has 0 radical (unpaired) electrons. The van der Waals surface area contributed by atoms with Crippen molar-refractivity contribution in [2.24, 2.45) is 0 Å². The zero-order chi connectivity index (χ0) is 12.8. The molecular weight excluding hydrogens is 254 g/mol. The largest absolute Gasteiger partial charge is 0.462 e. The lowest BCUT2D eigenvalue weighted by atomic mass is 10.2. The van der Waals surface area contributed by atoms with Gasteiger partial charge in [-0.15, -0.1) is 23.1 Å². The van der Waals surface area contributed by atoms with Crippen molar-refractivity contribution >= 4 is 35.1 Å². The number of hydrogen-bond acceptors (Lipinski definition) is 5. The first-order valence-electron chi connectivity index (χ1n) is 5.05. The lowest BCUT2D eigenvalue weighted by Crippen LogP contribution is -2.05. The third kappa shape index (κ3) is 3.62. The fourth-order valence-electron chi connectivity index (χ4n) is 1.27. The number of nitrogens with zero attached hydrogens (tertiary/aromatic N) is 1. The van der Waals surface area contributed by atoms with Crippen molar-refractivity contribution in [3.63, 3.8) is 0 Å². The lowest BCUT2D eigenvalue weighted by molar-refractivity contribution is -0.137. The van der Waals surface area contributed by atoms with Crippen LogP contribution in [0.15, 0.2) is 15.8 Å². The number of esters is 1. The summed E-state index contributed by atoms with van der Waals surface area (Å²) in [5, 5.41) is 8.93. The minimum Gasteiger partial charge on any atom is -0.462 e. The van der Waals surface area contributed by atoms with Crippen molar-refractivity contribution < 1.29 is 9.53 Å². The molecule has 1 rings (SSSR count). The van der Waals surface area contributed by atoms with Gasteiger partial charge in [-0.1, -0.05) is 0 Å². The van der Waals surface area contributed by atoms with Gasteiger partial charge in [-0.05, 0) is 32.2 Å². The van der Waals surface area contributed by atoms with E-state index < -0.39 is 5.97 Å². The number of rotatable bonds is 4. The molecular formula is C12H13NO2S2. The van der Waals surface area contributed by atoms with E-state index in [1.165, 1.54) is 0 Å². The van der Waals surface area contributed by atoms with Crippen LogP contribution in [0.4, 0.5) is 0 Å². The minimum atomic E-state index is -0.564. The summed E-state index contributed by atoms with van der Waals surface area (Å²) in [5.74, 6) is -0.564. The second-order valence-corrected chi connectivity index (χ2v) is 5.53. The summed E-state index contributed by atoms with van der Waals surface area (Å²) >= 11 is 3.25. The van der Waals surface area contributed by atoms with Crippen LogP contribution in [-0.2, 0) is 9.53 Å². The van der Waals surface area contributed by atoms with Gasteiger partial charge in [-0.3, -0.25) is 0 Å². The zero-order valence-electron chi connectivity index (χ0n) is 9.94. The fraction of sp³-hybridized carbons (Fsp3) is 0.333.